The van der Waals surface area contributed by atoms with E-state index in [4.69, 9.17) is 14.9 Å². The summed E-state index contributed by atoms with van der Waals surface area (Å²) >= 11 is 0. The maximum atomic E-state index is 12.4. The number of aryl methyl sites for hydroxylation is 1. The van der Waals surface area contributed by atoms with Gasteiger partial charge in [0.1, 0.15) is 11.3 Å². The Morgan fingerprint density at radius 1 is 1.23 bits per heavy atom. The van der Waals surface area contributed by atoms with Crippen LogP contribution in [0.15, 0.2) is 27.4 Å². The van der Waals surface area contributed by atoms with Crippen molar-refractivity contribution in [3.05, 3.63) is 39.7 Å². The summed E-state index contributed by atoms with van der Waals surface area (Å²) in [6, 6.07) is 5.71. The molecule has 0 radical (unpaired) electrons. The molecule has 1 heterocycles. The lowest BCUT2D eigenvalue weighted by Gasteiger charge is -2.27. The summed E-state index contributed by atoms with van der Waals surface area (Å²) < 4.78 is 11.1. The Labute approximate surface area is 152 Å². The van der Waals surface area contributed by atoms with Crippen molar-refractivity contribution in [1.82, 2.24) is 5.32 Å². The third-order valence-corrected chi connectivity index (χ3v) is 5.23. The Morgan fingerprint density at radius 2 is 1.92 bits per heavy atom. The molecule has 140 valence electrons. The minimum absolute atomic E-state index is 0.146. The second-order valence-corrected chi connectivity index (χ2v) is 7.18. The molecule has 1 amide bonds. The van der Waals surface area contributed by atoms with Crippen LogP contribution < -0.4 is 21.4 Å². The van der Waals surface area contributed by atoms with Crippen LogP contribution in [-0.2, 0) is 4.79 Å². The highest BCUT2D eigenvalue weighted by atomic mass is 16.5. The zero-order chi connectivity index (χ0) is 18.8. The predicted octanol–water partition coefficient (Wildman–Crippen LogP) is 2.56. The van der Waals surface area contributed by atoms with Crippen LogP contribution in [-0.4, -0.2) is 24.1 Å². The third-order valence-electron chi connectivity index (χ3n) is 5.23. The number of carbonyl (C=O) groups is 1. The molecule has 1 aromatic carbocycles. The zero-order valence-electron chi connectivity index (χ0n) is 15.5. The summed E-state index contributed by atoms with van der Waals surface area (Å²) in [5.41, 5.74) is 7.50. The van der Waals surface area contributed by atoms with Gasteiger partial charge < -0.3 is 20.2 Å². The maximum absolute atomic E-state index is 12.4. The van der Waals surface area contributed by atoms with Crippen LogP contribution in [0.25, 0.3) is 11.0 Å². The molecule has 1 aromatic heterocycles. The SMILES string of the molecule is Cc1c(C)c2ccc(OC(C)C(=O)NC3CCC(N)CC3)cc2oc1=O. The van der Waals surface area contributed by atoms with Gasteiger partial charge in [-0.3, -0.25) is 4.79 Å². The van der Waals surface area contributed by atoms with Gasteiger partial charge in [0.25, 0.3) is 5.91 Å². The first-order chi connectivity index (χ1) is 12.3. The Hall–Kier alpha value is -2.34. The summed E-state index contributed by atoms with van der Waals surface area (Å²) in [7, 11) is 0. The second-order valence-electron chi connectivity index (χ2n) is 7.18. The van der Waals surface area contributed by atoms with Crippen LogP contribution in [0.5, 0.6) is 5.75 Å². The van der Waals surface area contributed by atoms with Gasteiger partial charge >= 0.3 is 5.63 Å². The normalized spacial score (nSPS) is 21.4. The molecule has 1 unspecified atom stereocenters. The van der Waals surface area contributed by atoms with Crippen molar-refractivity contribution in [2.75, 3.05) is 0 Å². The molecular weight excluding hydrogens is 332 g/mol. The first-order valence-electron chi connectivity index (χ1n) is 9.12. The van der Waals surface area contributed by atoms with E-state index in [0.717, 1.165) is 36.6 Å². The topological polar surface area (TPSA) is 94.6 Å². The number of ether oxygens (including phenoxy) is 1. The maximum Gasteiger partial charge on any atom is 0.339 e. The number of benzene rings is 1. The van der Waals surface area contributed by atoms with Gasteiger partial charge in [0.05, 0.1) is 0 Å². The van der Waals surface area contributed by atoms with Crippen molar-refractivity contribution in [3.63, 3.8) is 0 Å². The Morgan fingerprint density at radius 3 is 2.62 bits per heavy atom. The fourth-order valence-electron chi connectivity index (χ4n) is 3.34. The predicted molar refractivity (Wildman–Crippen MR) is 100 cm³/mol. The molecule has 3 rings (SSSR count). The highest BCUT2D eigenvalue weighted by molar-refractivity contribution is 5.83. The van der Waals surface area contributed by atoms with Crippen LogP contribution in [0.4, 0.5) is 0 Å². The van der Waals surface area contributed by atoms with Crippen LogP contribution in [0, 0.1) is 13.8 Å². The minimum atomic E-state index is -0.638. The van der Waals surface area contributed by atoms with Gasteiger partial charge in [0.15, 0.2) is 6.10 Å². The minimum Gasteiger partial charge on any atom is -0.481 e. The quantitative estimate of drug-likeness (QED) is 0.819. The fourth-order valence-corrected chi connectivity index (χ4v) is 3.34. The van der Waals surface area contributed by atoms with Gasteiger partial charge in [-0.25, -0.2) is 4.79 Å². The monoisotopic (exact) mass is 358 g/mol. The van der Waals surface area contributed by atoms with Gasteiger partial charge in [0, 0.05) is 29.1 Å². The molecule has 1 atom stereocenters. The van der Waals surface area contributed by atoms with E-state index in [9.17, 15) is 9.59 Å². The summed E-state index contributed by atoms with van der Waals surface area (Å²) in [6.45, 7) is 5.35. The highest BCUT2D eigenvalue weighted by Crippen LogP contribution is 2.24. The molecule has 1 saturated carbocycles. The van der Waals surface area contributed by atoms with E-state index in [1.165, 1.54) is 0 Å². The van der Waals surface area contributed by atoms with Crippen molar-refractivity contribution < 1.29 is 13.9 Å². The second kappa shape index (κ2) is 7.50. The number of nitrogens with two attached hydrogens (primary N) is 1. The number of amides is 1. The Balaban J connectivity index is 1.69. The van der Waals surface area contributed by atoms with E-state index >= 15 is 0 Å². The van der Waals surface area contributed by atoms with E-state index in [1.807, 2.05) is 13.0 Å². The third kappa shape index (κ3) is 3.90. The lowest BCUT2D eigenvalue weighted by Crippen LogP contribution is -2.45. The van der Waals surface area contributed by atoms with Crippen LogP contribution in [0.3, 0.4) is 0 Å². The molecule has 2 aromatic rings. The summed E-state index contributed by atoms with van der Waals surface area (Å²) in [4.78, 5) is 24.2. The van der Waals surface area contributed by atoms with Crippen molar-refractivity contribution in [2.24, 2.45) is 5.73 Å². The highest BCUT2D eigenvalue weighted by Gasteiger charge is 2.23. The molecule has 0 bridgehead atoms. The number of hydrogen-bond acceptors (Lipinski definition) is 5. The molecular formula is C20H26N2O4. The molecule has 3 N–H and O–H groups in total. The summed E-state index contributed by atoms with van der Waals surface area (Å²) in [6.07, 6.45) is 3.03. The van der Waals surface area contributed by atoms with Crippen LogP contribution >= 0.6 is 0 Å². The van der Waals surface area contributed by atoms with Crippen molar-refractivity contribution in [3.8, 4) is 5.75 Å². The molecule has 0 saturated heterocycles. The number of nitrogens with one attached hydrogen (secondary N) is 1. The lowest BCUT2D eigenvalue weighted by atomic mass is 9.92. The average Bonchev–Trinajstić information content (AvgIpc) is 2.61. The van der Waals surface area contributed by atoms with Gasteiger partial charge in [-0.2, -0.15) is 0 Å². The molecule has 6 heteroatoms. The molecule has 0 spiro atoms. The number of fused-ring (bicyclic) bond motifs is 1. The van der Waals surface area contributed by atoms with Crippen molar-refractivity contribution >= 4 is 16.9 Å². The van der Waals surface area contributed by atoms with E-state index in [2.05, 4.69) is 5.32 Å². The molecule has 1 aliphatic carbocycles. The number of hydrogen-bond donors (Lipinski definition) is 2. The first-order valence-corrected chi connectivity index (χ1v) is 9.12. The van der Waals surface area contributed by atoms with Crippen LogP contribution in [0.2, 0.25) is 0 Å². The van der Waals surface area contributed by atoms with Gasteiger partial charge in [-0.05, 0) is 64.2 Å². The van der Waals surface area contributed by atoms with Crippen LogP contribution in [0.1, 0.15) is 43.7 Å². The standard InChI is InChI=1S/C20H26N2O4/c1-11-12(2)20(24)26-18-10-16(8-9-17(11)18)25-13(3)19(23)22-15-6-4-14(21)5-7-15/h8-10,13-15H,4-7,21H2,1-3H3,(H,22,23). The summed E-state index contributed by atoms with van der Waals surface area (Å²) in [5, 5.41) is 3.90. The molecule has 1 fully saturated rings. The molecule has 0 aliphatic heterocycles. The zero-order valence-corrected chi connectivity index (χ0v) is 15.5. The van der Waals surface area contributed by atoms with Gasteiger partial charge in [-0.15, -0.1) is 0 Å². The average molecular weight is 358 g/mol. The van der Waals surface area contributed by atoms with Crippen molar-refractivity contribution in [1.29, 1.82) is 0 Å². The Bertz CT molecular complexity index is 866. The Kier molecular flexibility index (Phi) is 5.32. The van der Waals surface area contributed by atoms with E-state index in [1.54, 1.807) is 26.0 Å². The van der Waals surface area contributed by atoms with E-state index in [-0.39, 0.29) is 23.6 Å². The number of rotatable bonds is 4. The van der Waals surface area contributed by atoms with Gasteiger partial charge in [0.2, 0.25) is 0 Å². The lowest BCUT2D eigenvalue weighted by molar-refractivity contribution is -0.128. The molecule has 26 heavy (non-hydrogen) atoms. The largest absolute Gasteiger partial charge is 0.481 e. The molecule has 6 nitrogen and oxygen atoms in total. The first kappa shape index (κ1) is 18.5. The van der Waals surface area contributed by atoms with Crippen molar-refractivity contribution in [2.45, 2.75) is 64.6 Å². The number of carbonyl (C=O) groups excluding carboxylic acids is 1. The molecule has 1 aliphatic rings. The fraction of sp³-hybridized carbons (Fsp3) is 0.500. The smallest absolute Gasteiger partial charge is 0.339 e. The van der Waals surface area contributed by atoms with E-state index in [0.29, 0.717) is 16.9 Å². The summed E-state index contributed by atoms with van der Waals surface area (Å²) in [5.74, 6) is 0.351. The van der Waals surface area contributed by atoms with Gasteiger partial charge in [-0.1, -0.05) is 0 Å². The van der Waals surface area contributed by atoms with E-state index < -0.39 is 6.10 Å².